The van der Waals surface area contributed by atoms with E-state index in [-0.39, 0.29) is 0 Å². The molecule has 2 heterocycles. The van der Waals surface area contributed by atoms with Gasteiger partial charge in [-0.25, -0.2) is 0 Å². The lowest BCUT2D eigenvalue weighted by atomic mass is 10.0. The third-order valence-electron chi connectivity index (χ3n) is 4.52. The number of furan rings is 1. The van der Waals surface area contributed by atoms with Gasteiger partial charge in [-0.05, 0) is 48.9 Å². The van der Waals surface area contributed by atoms with Crippen molar-refractivity contribution < 1.29 is 4.42 Å². The van der Waals surface area contributed by atoms with Gasteiger partial charge in [0.2, 0.25) is 0 Å². The summed E-state index contributed by atoms with van der Waals surface area (Å²) in [5, 5.41) is 1.05. The molecule has 27 heavy (non-hydrogen) atoms. The minimum absolute atomic E-state index is 0.830. The van der Waals surface area contributed by atoms with Crippen LogP contribution in [0.5, 0.6) is 0 Å². The average molecular weight is 416 g/mol. The molecular formula is C24H18BrNO. The molecule has 0 atom stereocenters. The zero-order valence-electron chi connectivity index (χ0n) is 14.9. The van der Waals surface area contributed by atoms with Gasteiger partial charge in [0.1, 0.15) is 11.3 Å². The summed E-state index contributed by atoms with van der Waals surface area (Å²) in [5.41, 5.74) is 6.06. The molecule has 0 aliphatic heterocycles. The lowest BCUT2D eigenvalue weighted by Crippen LogP contribution is -1.86. The number of nitrogens with zero attached hydrogens (tertiary/aromatic N) is 1. The highest BCUT2D eigenvalue weighted by Gasteiger charge is 2.11. The number of allylic oxidation sites excluding steroid dienone is 1. The fourth-order valence-electron chi connectivity index (χ4n) is 3.20. The molecule has 0 unspecified atom stereocenters. The fourth-order valence-corrected chi connectivity index (χ4v) is 3.71. The first kappa shape index (κ1) is 17.5. The Morgan fingerprint density at radius 3 is 2.56 bits per heavy atom. The lowest BCUT2D eigenvalue weighted by Gasteiger charge is -2.06. The van der Waals surface area contributed by atoms with Gasteiger partial charge in [-0.15, -0.1) is 0 Å². The SMILES string of the molecule is C=Cc1c(/C=C\C)oc2ccc(-c3ccc(-c4ccccc4Br)cn3)cc12. The van der Waals surface area contributed by atoms with Crippen molar-refractivity contribution in [3.63, 3.8) is 0 Å². The van der Waals surface area contributed by atoms with Gasteiger partial charge >= 0.3 is 0 Å². The van der Waals surface area contributed by atoms with Crippen LogP contribution in [-0.2, 0) is 0 Å². The van der Waals surface area contributed by atoms with Crippen molar-refractivity contribution in [2.24, 2.45) is 0 Å². The van der Waals surface area contributed by atoms with Gasteiger partial charge in [0.25, 0.3) is 0 Å². The normalized spacial score (nSPS) is 11.3. The Morgan fingerprint density at radius 2 is 1.85 bits per heavy atom. The van der Waals surface area contributed by atoms with Crippen LogP contribution in [0.1, 0.15) is 18.2 Å². The van der Waals surface area contributed by atoms with Gasteiger partial charge in [-0.1, -0.05) is 58.9 Å². The van der Waals surface area contributed by atoms with E-state index >= 15 is 0 Å². The highest BCUT2D eigenvalue weighted by Crippen LogP contribution is 2.33. The minimum atomic E-state index is 0.830. The predicted molar refractivity (Wildman–Crippen MR) is 117 cm³/mol. The maximum atomic E-state index is 5.93. The Kier molecular flexibility index (Phi) is 4.78. The molecule has 0 radical (unpaired) electrons. The van der Waals surface area contributed by atoms with Gasteiger partial charge in [-0.3, -0.25) is 4.98 Å². The molecule has 0 saturated carbocycles. The first-order valence-electron chi connectivity index (χ1n) is 8.74. The maximum Gasteiger partial charge on any atom is 0.135 e. The monoisotopic (exact) mass is 415 g/mol. The number of fused-ring (bicyclic) bond motifs is 1. The highest BCUT2D eigenvalue weighted by molar-refractivity contribution is 9.10. The van der Waals surface area contributed by atoms with E-state index in [1.807, 2.05) is 61.7 Å². The topological polar surface area (TPSA) is 26.0 Å². The van der Waals surface area contributed by atoms with Crippen molar-refractivity contribution in [2.45, 2.75) is 6.92 Å². The van der Waals surface area contributed by atoms with Crippen LogP contribution in [0.3, 0.4) is 0 Å². The number of halogens is 1. The molecule has 0 spiro atoms. The molecule has 4 rings (SSSR count). The number of hydrogen-bond acceptors (Lipinski definition) is 2. The largest absolute Gasteiger partial charge is 0.456 e. The third-order valence-corrected chi connectivity index (χ3v) is 5.21. The van der Waals surface area contributed by atoms with Crippen LogP contribution in [0, 0.1) is 0 Å². The summed E-state index contributed by atoms with van der Waals surface area (Å²) >= 11 is 3.60. The van der Waals surface area contributed by atoms with Gasteiger partial charge in [0, 0.05) is 32.7 Å². The van der Waals surface area contributed by atoms with Gasteiger partial charge < -0.3 is 4.42 Å². The van der Waals surface area contributed by atoms with Crippen LogP contribution < -0.4 is 0 Å². The van der Waals surface area contributed by atoms with E-state index in [4.69, 9.17) is 4.42 Å². The van der Waals surface area contributed by atoms with Crippen LogP contribution in [-0.4, -0.2) is 4.98 Å². The Hall–Kier alpha value is -2.91. The fraction of sp³-hybridized carbons (Fsp3) is 0.0417. The Balaban J connectivity index is 1.76. The maximum absolute atomic E-state index is 5.93. The van der Waals surface area contributed by atoms with Crippen LogP contribution in [0.4, 0.5) is 0 Å². The van der Waals surface area contributed by atoms with Crippen molar-refractivity contribution in [2.75, 3.05) is 0 Å². The molecule has 0 bridgehead atoms. The van der Waals surface area contributed by atoms with E-state index in [0.717, 1.165) is 49.1 Å². The minimum Gasteiger partial charge on any atom is -0.456 e. The van der Waals surface area contributed by atoms with E-state index in [2.05, 4.69) is 51.8 Å². The standard InChI is InChI=1S/C24H18BrNO/c1-3-7-23-18(4-2)20-14-16(11-13-24(20)27-23)22-12-10-17(15-26-22)19-8-5-6-9-21(19)25/h3-15H,2H2,1H3/b7-3-. The predicted octanol–water partition coefficient (Wildman–Crippen LogP) is 7.60. The van der Waals surface area contributed by atoms with Gasteiger partial charge in [0.05, 0.1) is 5.69 Å². The number of aromatic nitrogens is 1. The zero-order chi connectivity index (χ0) is 18.8. The first-order chi connectivity index (χ1) is 13.2. The van der Waals surface area contributed by atoms with Gasteiger partial charge in [-0.2, -0.15) is 0 Å². The summed E-state index contributed by atoms with van der Waals surface area (Å²) < 4.78 is 6.99. The van der Waals surface area contributed by atoms with E-state index in [1.165, 1.54) is 0 Å². The quantitative estimate of drug-likeness (QED) is 0.342. The molecule has 132 valence electrons. The molecule has 0 fully saturated rings. The van der Waals surface area contributed by atoms with Crippen molar-refractivity contribution in [3.8, 4) is 22.4 Å². The second kappa shape index (κ2) is 7.37. The summed E-state index contributed by atoms with van der Waals surface area (Å²) in [6.45, 7) is 5.91. The zero-order valence-corrected chi connectivity index (χ0v) is 16.5. The molecule has 0 N–H and O–H groups in total. The molecular weight excluding hydrogens is 398 g/mol. The van der Waals surface area contributed by atoms with Crippen LogP contribution in [0.25, 0.3) is 45.5 Å². The van der Waals surface area contributed by atoms with E-state index < -0.39 is 0 Å². The van der Waals surface area contributed by atoms with Crippen LogP contribution in [0.2, 0.25) is 0 Å². The lowest BCUT2D eigenvalue weighted by molar-refractivity contribution is 0.603. The molecule has 0 aliphatic rings. The Bertz CT molecular complexity index is 1150. The molecule has 0 amide bonds. The van der Waals surface area contributed by atoms with Crippen molar-refractivity contribution in [1.29, 1.82) is 0 Å². The number of hydrogen-bond donors (Lipinski definition) is 0. The molecule has 0 saturated heterocycles. The first-order valence-corrected chi connectivity index (χ1v) is 9.53. The van der Waals surface area contributed by atoms with Crippen molar-refractivity contribution in [3.05, 3.63) is 89.2 Å². The van der Waals surface area contributed by atoms with Gasteiger partial charge in [0.15, 0.2) is 0 Å². The summed E-state index contributed by atoms with van der Waals surface area (Å²) in [7, 11) is 0. The average Bonchev–Trinajstić information content (AvgIpc) is 3.05. The molecule has 4 aromatic rings. The second-order valence-corrected chi connectivity index (χ2v) is 7.06. The summed E-state index contributed by atoms with van der Waals surface area (Å²) in [6, 6.07) is 18.5. The Morgan fingerprint density at radius 1 is 1.04 bits per heavy atom. The van der Waals surface area contributed by atoms with E-state index in [1.54, 1.807) is 0 Å². The van der Waals surface area contributed by atoms with E-state index in [9.17, 15) is 0 Å². The van der Waals surface area contributed by atoms with E-state index in [0.29, 0.717) is 0 Å². The van der Waals surface area contributed by atoms with Crippen LogP contribution >= 0.6 is 15.9 Å². The molecule has 2 aromatic carbocycles. The van der Waals surface area contributed by atoms with Crippen molar-refractivity contribution >= 4 is 39.1 Å². The summed E-state index contributed by atoms with van der Waals surface area (Å²) in [4.78, 5) is 4.68. The molecule has 0 aliphatic carbocycles. The molecule has 2 aromatic heterocycles. The summed E-state index contributed by atoms with van der Waals surface area (Å²) in [5.74, 6) is 0.830. The third kappa shape index (κ3) is 3.26. The number of benzene rings is 2. The molecule has 2 nitrogen and oxygen atoms in total. The second-order valence-electron chi connectivity index (χ2n) is 6.21. The number of rotatable bonds is 4. The Labute approximate surface area is 167 Å². The smallest absolute Gasteiger partial charge is 0.135 e. The molecule has 3 heteroatoms. The summed E-state index contributed by atoms with van der Waals surface area (Å²) in [6.07, 6.45) is 7.68. The van der Waals surface area contributed by atoms with Crippen molar-refractivity contribution in [1.82, 2.24) is 4.98 Å². The van der Waals surface area contributed by atoms with Crippen LogP contribution in [0.15, 0.2) is 82.3 Å². The highest BCUT2D eigenvalue weighted by atomic mass is 79.9. The number of pyridine rings is 1.